The second-order valence-electron chi connectivity index (χ2n) is 8.56. The van der Waals surface area contributed by atoms with Crippen LogP contribution in [0.1, 0.15) is 31.7 Å². The molecule has 8 heteroatoms. The normalized spacial score (nSPS) is 25.5. The van der Waals surface area contributed by atoms with Gasteiger partial charge in [0.25, 0.3) is 0 Å². The van der Waals surface area contributed by atoms with Crippen molar-refractivity contribution in [1.82, 2.24) is 24.5 Å². The molecule has 2 saturated carbocycles. The van der Waals surface area contributed by atoms with Gasteiger partial charge in [0, 0.05) is 37.6 Å². The molecule has 0 radical (unpaired) electrons. The molecule has 0 spiro atoms. The van der Waals surface area contributed by atoms with Crippen LogP contribution in [0.3, 0.4) is 0 Å². The minimum atomic E-state index is -0.146. The van der Waals surface area contributed by atoms with E-state index in [2.05, 4.69) is 32.3 Å². The summed E-state index contributed by atoms with van der Waals surface area (Å²) in [6.07, 6.45) is 10.2. The van der Waals surface area contributed by atoms with Gasteiger partial charge in [0.2, 0.25) is 0 Å². The highest BCUT2D eigenvalue weighted by Crippen LogP contribution is 2.36. The van der Waals surface area contributed by atoms with Crippen molar-refractivity contribution in [3.8, 4) is 5.69 Å². The molecule has 1 unspecified atom stereocenters. The smallest absolute Gasteiger partial charge is 0.103 e. The molecule has 1 saturated heterocycles. The van der Waals surface area contributed by atoms with Gasteiger partial charge in [-0.2, -0.15) is 10.2 Å². The molecule has 0 bridgehead atoms. The van der Waals surface area contributed by atoms with Gasteiger partial charge in [-0.25, -0.2) is 4.68 Å². The van der Waals surface area contributed by atoms with Crippen molar-refractivity contribution in [1.29, 1.82) is 0 Å². The van der Waals surface area contributed by atoms with E-state index < -0.39 is 0 Å². The third-order valence-corrected chi connectivity index (χ3v) is 7.02. The largest absolute Gasteiger partial charge is 0.391 e. The van der Waals surface area contributed by atoms with Gasteiger partial charge in [-0.05, 0) is 37.8 Å². The van der Waals surface area contributed by atoms with Crippen LogP contribution in [0.4, 0.5) is 5.69 Å². The first kappa shape index (κ1) is 17.7. The van der Waals surface area contributed by atoms with E-state index in [4.69, 9.17) is 11.6 Å². The van der Waals surface area contributed by atoms with Crippen molar-refractivity contribution in [2.45, 2.75) is 43.9 Å². The molecule has 2 atom stereocenters. The van der Waals surface area contributed by atoms with E-state index in [0.29, 0.717) is 12.1 Å². The van der Waals surface area contributed by atoms with Crippen LogP contribution in [-0.4, -0.2) is 67.9 Å². The average molecular weight is 413 g/mol. The zero-order valence-corrected chi connectivity index (χ0v) is 17.0. The number of aromatic nitrogens is 4. The fraction of sp³-hybridized carbons (Fsp3) is 0.524. The molecule has 1 aliphatic heterocycles. The summed E-state index contributed by atoms with van der Waals surface area (Å²) in [5.74, 6) is 0. The number of aliphatic hydroxyl groups is 1. The zero-order valence-electron chi connectivity index (χ0n) is 16.3. The van der Waals surface area contributed by atoms with Crippen LogP contribution in [0.2, 0.25) is 5.02 Å². The Morgan fingerprint density at radius 1 is 0.966 bits per heavy atom. The van der Waals surface area contributed by atoms with Crippen molar-refractivity contribution in [3.05, 3.63) is 35.7 Å². The summed E-state index contributed by atoms with van der Waals surface area (Å²) in [5.41, 5.74) is 3.10. The maximum absolute atomic E-state index is 9.97. The summed E-state index contributed by atoms with van der Waals surface area (Å²) in [6, 6.07) is 5.08. The second-order valence-corrected chi connectivity index (χ2v) is 8.97. The molecule has 7 nitrogen and oxygen atoms in total. The minimum Gasteiger partial charge on any atom is -0.391 e. The summed E-state index contributed by atoms with van der Waals surface area (Å²) < 4.78 is 4.01. The lowest BCUT2D eigenvalue weighted by Crippen LogP contribution is -2.57. The Morgan fingerprint density at radius 2 is 1.79 bits per heavy atom. The number of anilines is 1. The number of hydrogen-bond donors (Lipinski definition) is 1. The van der Waals surface area contributed by atoms with E-state index in [9.17, 15) is 5.11 Å². The minimum absolute atomic E-state index is 0.146. The Kier molecular flexibility index (Phi) is 4.11. The summed E-state index contributed by atoms with van der Waals surface area (Å²) in [7, 11) is 0. The predicted octanol–water partition coefficient (Wildman–Crippen LogP) is 2.86. The molecule has 1 N–H and O–H groups in total. The molecule has 3 aromatic rings. The van der Waals surface area contributed by atoms with Crippen LogP contribution in [0.15, 0.2) is 30.7 Å². The number of piperazine rings is 1. The van der Waals surface area contributed by atoms with Gasteiger partial charge in [-0.1, -0.05) is 11.6 Å². The Hall–Kier alpha value is -2.09. The Balaban J connectivity index is 1.28. The summed E-state index contributed by atoms with van der Waals surface area (Å²) in [5, 5.41) is 20.9. The average Bonchev–Trinajstić information content (AvgIpc) is 3.31. The molecule has 2 aromatic heterocycles. The van der Waals surface area contributed by atoms with Crippen LogP contribution < -0.4 is 4.90 Å². The highest BCUT2D eigenvalue weighted by molar-refractivity contribution is 6.34. The van der Waals surface area contributed by atoms with E-state index in [1.54, 1.807) is 0 Å². The molecule has 1 aromatic carbocycles. The van der Waals surface area contributed by atoms with Gasteiger partial charge in [0.1, 0.15) is 5.69 Å². The molecule has 6 rings (SSSR count). The highest BCUT2D eigenvalue weighted by atomic mass is 35.5. The highest BCUT2D eigenvalue weighted by Gasteiger charge is 2.35. The molecule has 152 valence electrons. The molecule has 3 heterocycles. The lowest BCUT2D eigenvalue weighted by Gasteiger charge is -2.46. The van der Waals surface area contributed by atoms with Crippen molar-refractivity contribution in [2.75, 3.05) is 31.1 Å². The van der Waals surface area contributed by atoms with Crippen molar-refractivity contribution >= 4 is 28.2 Å². The van der Waals surface area contributed by atoms with Crippen molar-refractivity contribution < 1.29 is 5.11 Å². The monoisotopic (exact) mass is 412 g/mol. The van der Waals surface area contributed by atoms with Crippen LogP contribution in [0.25, 0.3) is 16.6 Å². The molecule has 0 amide bonds. The first-order chi connectivity index (χ1) is 14.2. The number of aliphatic hydroxyl groups excluding tert-OH is 1. The van der Waals surface area contributed by atoms with E-state index >= 15 is 0 Å². The van der Waals surface area contributed by atoms with Gasteiger partial charge in [0.15, 0.2) is 0 Å². The lowest BCUT2D eigenvalue weighted by atomic mass is 9.87. The quantitative estimate of drug-likeness (QED) is 0.714. The number of fused-ring (bicyclic) bond motifs is 1. The van der Waals surface area contributed by atoms with Crippen molar-refractivity contribution in [2.24, 2.45) is 0 Å². The van der Waals surface area contributed by atoms with E-state index in [0.717, 1.165) is 66.3 Å². The second kappa shape index (κ2) is 6.72. The summed E-state index contributed by atoms with van der Waals surface area (Å²) in [4.78, 5) is 4.78. The fourth-order valence-corrected chi connectivity index (χ4v) is 4.94. The Bertz CT molecular complexity index is 1050. The van der Waals surface area contributed by atoms with Gasteiger partial charge in [-0.15, -0.1) is 0 Å². The Labute approximate surface area is 174 Å². The third kappa shape index (κ3) is 3.03. The molecular weight excluding hydrogens is 388 g/mol. The first-order valence-corrected chi connectivity index (χ1v) is 10.9. The molecular formula is C21H25ClN6O. The number of hydrogen-bond acceptors (Lipinski definition) is 5. The maximum atomic E-state index is 9.97. The van der Waals surface area contributed by atoms with Crippen molar-refractivity contribution in [3.63, 3.8) is 0 Å². The standard InChI is InChI=1S/C21H25ClN6O/c22-17-9-14-11-24-28(16-12-23-27(13-16)15-1-2-15)19(14)10-20(17)26-7-5-25(6-8-26)18-3-4-21(18)29/h9-13,15,18,21,29H,1-8H2/t18?,21-/m1/s1. The number of nitrogens with zero attached hydrogens (tertiary/aromatic N) is 6. The van der Waals surface area contributed by atoms with Gasteiger partial charge in [-0.3, -0.25) is 9.58 Å². The van der Waals surface area contributed by atoms with Gasteiger partial charge in [0.05, 0.1) is 47.0 Å². The topological polar surface area (TPSA) is 62.4 Å². The lowest BCUT2D eigenvalue weighted by molar-refractivity contribution is -0.0229. The predicted molar refractivity (Wildman–Crippen MR) is 113 cm³/mol. The third-order valence-electron chi connectivity index (χ3n) is 6.72. The van der Waals surface area contributed by atoms with E-state index in [-0.39, 0.29) is 6.10 Å². The number of benzene rings is 1. The number of halogens is 1. The van der Waals surface area contributed by atoms with E-state index in [1.165, 1.54) is 12.8 Å². The molecule has 2 aliphatic carbocycles. The molecule has 29 heavy (non-hydrogen) atoms. The van der Waals surface area contributed by atoms with Crippen LogP contribution >= 0.6 is 11.6 Å². The van der Waals surface area contributed by atoms with Crippen LogP contribution in [-0.2, 0) is 0 Å². The van der Waals surface area contributed by atoms with E-state index in [1.807, 2.05) is 27.8 Å². The first-order valence-electron chi connectivity index (χ1n) is 10.6. The van der Waals surface area contributed by atoms with Crippen LogP contribution in [0.5, 0.6) is 0 Å². The number of rotatable bonds is 4. The zero-order chi connectivity index (χ0) is 19.5. The van der Waals surface area contributed by atoms with Gasteiger partial charge < -0.3 is 10.0 Å². The maximum Gasteiger partial charge on any atom is 0.103 e. The Morgan fingerprint density at radius 3 is 2.48 bits per heavy atom. The summed E-state index contributed by atoms with van der Waals surface area (Å²) in [6.45, 7) is 3.76. The SMILES string of the molecule is O[C@@H]1CCC1N1CCN(c2cc3c(cnn3-c3cnn(C4CC4)c3)cc2Cl)CC1. The fourth-order valence-electron chi connectivity index (χ4n) is 4.64. The summed E-state index contributed by atoms with van der Waals surface area (Å²) >= 11 is 6.66. The molecule has 3 fully saturated rings. The van der Waals surface area contributed by atoms with Crippen LogP contribution in [0, 0.1) is 0 Å². The van der Waals surface area contributed by atoms with Gasteiger partial charge >= 0.3 is 0 Å². The molecule has 3 aliphatic rings.